The molecule has 148 valence electrons. The maximum Gasteiger partial charge on any atom is 0.255 e. The summed E-state index contributed by atoms with van der Waals surface area (Å²) in [6, 6.07) is 11.1. The number of benzene rings is 2. The van der Waals surface area contributed by atoms with Crippen LogP contribution in [0.2, 0.25) is 0 Å². The van der Waals surface area contributed by atoms with Crippen LogP contribution in [-0.2, 0) is 6.42 Å². The first-order valence-electron chi connectivity index (χ1n) is 9.24. The van der Waals surface area contributed by atoms with Crippen molar-refractivity contribution < 1.29 is 19.0 Å². The Kier molecular flexibility index (Phi) is 5.29. The lowest BCUT2D eigenvalue weighted by Crippen LogP contribution is -2.34. The summed E-state index contributed by atoms with van der Waals surface area (Å²) in [5, 5.41) is 2.93. The Morgan fingerprint density at radius 1 is 1.17 bits per heavy atom. The van der Waals surface area contributed by atoms with Gasteiger partial charge in [0.1, 0.15) is 23.4 Å². The molecule has 1 atom stereocenters. The summed E-state index contributed by atoms with van der Waals surface area (Å²) in [5.41, 5.74) is 3.32. The van der Waals surface area contributed by atoms with Gasteiger partial charge in [-0.05, 0) is 42.0 Å². The lowest BCUT2D eigenvalue weighted by Gasteiger charge is -2.14. The van der Waals surface area contributed by atoms with E-state index < -0.39 is 0 Å². The molecule has 1 aromatic heterocycles. The second-order valence-electron chi connectivity index (χ2n) is 6.63. The molecule has 3 aromatic rings. The second-order valence-corrected chi connectivity index (χ2v) is 6.63. The molecule has 7 heteroatoms. The SMILES string of the molecule is COc1ccc(OC)c(C(=O)NC[C@@H]2Cc3cc(-c4cnccn4)ccc3O2)c1. The van der Waals surface area contributed by atoms with E-state index >= 15 is 0 Å². The first-order valence-corrected chi connectivity index (χ1v) is 9.24. The number of hydrogen-bond acceptors (Lipinski definition) is 6. The van der Waals surface area contributed by atoms with Crippen LogP contribution < -0.4 is 19.5 Å². The smallest absolute Gasteiger partial charge is 0.255 e. The number of amides is 1. The summed E-state index contributed by atoms with van der Waals surface area (Å²) in [5.74, 6) is 1.68. The van der Waals surface area contributed by atoms with Gasteiger partial charge in [0.25, 0.3) is 5.91 Å². The first-order chi connectivity index (χ1) is 14.2. The Balaban J connectivity index is 1.42. The molecule has 2 aromatic carbocycles. The highest BCUT2D eigenvalue weighted by atomic mass is 16.5. The van der Waals surface area contributed by atoms with E-state index in [4.69, 9.17) is 14.2 Å². The van der Waals surface area contributed by atoms with Crippen molar-refractivity contribution in [3.05, 3.63) is 66.1 Å². The summed E-state index contributed by atoms with van der Waals surface area (Å²) in [6.45, 7) is 0.383. The van der Waals surface area contributed by atoms with Gasteiger partial charge in [-0.3, -0.25) is 14.8 Å². The number of ether oxygens (including phenoxy) is 3. The zero-order chi connectivity index (χ0) is 20.2. The molecule has 0 saturated heterocycles. The second kappa shape index (κ2) is 8.18. The van der Waals surface area contributed by atoms with Crippen LogP contribution in [0.1, 0.15) is 15.9 Å². The van der Waals surface area contributed by atoms with E-state index in [1.165, 1.54) is 7.11 Å². The van der Waals surface area contributed by atoms with Gasteiger partial charge in [0, 0.05) is 24.4 Å². The lowest BCUT2D eigenvalue weighted by molar-refractivity contribution is 0.0930. The van der Waals surface area contributed by atoms with Gasteiger partial charge in [-0.2, -0.15) is 0 Å². The Hall–Kier alpha value is -3.61. The molecule has 1 amide bonds. The molecule has 0 saturated carbocycles. The molecule has 0 unspecified atom stereocenters. The Labute approximate surface area is 168 Å². The average molecular weight is 391 g/mol. The molecule has 7 nitrogen and oxygen atoms in total. The molecule has 29 heavy (non-hydrogen) atoms. The quantitative estimate of drug-likeness (QED) is 0.696. The Bertz CT molecular complexity index is 1020. The third-order valence-corrected chi connectivity index (χ3v) is 4.80. The standard InChI is InChI=1S/C22H21N3O4/c1-27-16-4-6-21(28-2)18(11-16)22(26)25-12-17-10-15-9-14(3-5-20(15)29-17)19-13-23-7-8-24-19/h3-9,11,13,17H,10,12H2,1-2H3,(H,25,26)/t17-/m0/s1. The van der Waals surface area contributed by atoms with Crippen molar-refractivity contribution in [2.75, 3.05) is 20.8 Å². The average Bonchev–Trinajstić information content (AvgIpc) is 3.19. The number of nitrogens with one attached hydrogen (secondary N) is 1. The number of hydrogen-bond donors (Lipinski definition) is 1. The number of fused-ring (bicyclic) bond motifs is 1. The van der Waals surface area contributed by atoms with Crippen LogP contribution in [0.4, 0.5) is 0 Å². The van der Waals surface area contributed by atoms with E-state index in [0.29, 0.717) is 30.0 Å². The largest absolute Gasteiger partial charge is 0.497 e. The predicted octanol–water partition coefficient (Wildman–Crippen LogP) is 2.89. The van der Waals surface area contributed by atoms with Crippen molar-refractivity contribution in [2.24, 2.45) is 0 Å². The van der Waals surface area contributed by atoms with Gasteiger partial charge in [-0.15, -0.1) is 0 Å². The van der Waals surface area contributed by atoms with E-state index in [0.717, 1.165) is 22.6 Å². The normalized spacial score (nSPS) is 14.6. The number of methoxy groups -OCH3 is 2. The number of carbonyl (C=O) groups is 1. The molecule has 4 rings (SSSR count). The monoisotopic (exact) mass is 391 g/mol. The van der Waals surface area contributed by atoms with Gasteiger partial charge in [0.15, 0.2) is 0 Å². The summed E-state index contributed by atoms with van der Waals surface area (Å²) in [7, 11) is 3.09. The van der Waals surface area contributed by atoms with Crippen LogP contribution in [-0.4, -0.2) is 42.7 Å². The van der Waals surface area contributed by atoms with E-state index in [-0.39, 0.29) is 12.0 Å². The van der Waals surface area contributed by atoms with Gasteiger partial charge in [0.05, 0.1) is 38.2 Å². The molecule has 2 heterocycles. The van der Waals surface area contributed by atoms with E-state index in [1.54, 1.807) is 43.9 Å². The summed E-state index contributed by atoms with van der Waals surface area (Å²) < 4.78 is 16.5. The highest BCUT2D eigenvalue weighted by Gasteiger charge is 2.24. The minimum atomic E-state index is -0.236. The summed E-state index contributed by atoms with van der Waals surface area (Å²) in [4.78, 5) is 21.1. The fourth-order valence-electron chi connectivity index (χ4n) is 3.34. The van der Waals surface area contributed by atoms with Gasteiger partial charge in [0.2, 0.25) is 0 Å². The molecule has 1 aliphatic rings. The van der Waals surface area contributed by atoms with E-state index in [1.807, 2.05) is 12.1 Å². The van der Waals surface area contributed by atoms with Crippen LogP contribution in [0, 0.1) is 0 Å². The van der Waals surface area contributed by atoms with Crippen LogP contribution in [0.3, 0.4) is 0 Å². The molecular formula is C22H21N3O4. The molecule has 0 spiro atoms. The fraction of sp³-hybridized carbons (Fsp3) is 0.227. The van der Waals surface area contributed by atoms with Gasteiger partial charge >= 0.3 is 0 Å². The minimum Gasteiger partial charge on any atom is -0.497 e. The summed E-state index contributed by atoms with van der Waals surface area (Å²) in [6.07, 6.45) is 5.62. The van der Waals surface area contributed by atoms with Crippen molar-refractivity contribution in [2.45, 2.75) is 12.5 Å². The highest BCUT2D eigenvalue weighted by Crippen LogP contribution is 2.32. The van der Waals surface area contributed by atoms with Crippen LogP contribution >= 0.6 is 0 Å². The van der Waals surface area contributed by atoms with Crippen LogP contribution in [0.15, 0.2) is 55.0 Å². The highest BCUT2D eigenvalue weighted by molar-refractivity contribution is 5.97. The maximum atomic E-state index is 12.6. The van der Waals surface area contributed by atoms with Gasteiger partial charge in [-0.25, -0.2) is 0 Å². The van der Waals surface area contributed by atoms with Crippen LogP contribution in [0.5, 0.6) is 17.2 Å². The minimum absolute atomic E-state index is 0.136. The number of carbonyl (C=O) groups excluding carboxylic acids is 1. The van der Waals surface area contributed by atoms with E-state index in [9.17, 15) is 4.79 Å². The first kappa shape index (κ1) is 18.7. The zero-order valence-electron chi connectivity index (χ0n) is 16.2. The van der Waals surface area contributed by atoms with Gasteiger partial charge < -0.3 is 19.5 Å². The molecule has 0 aliphatic carbocycles. The van der Waals surface area contributed by atoms with Crippen molar-refractivity contribution in [3.63, 3.8) is 0 Å². The lowest BCUT2D eigenvalue weighted by atomic mass is 10.0. The number of aromatic nitrogens is 2. The molecular weight excluding hydrogens is 370 g/mol. The summed E-state index contributed by atoms with van der Waals surface area (Å²) >= 11 is 0. The topological polar surface area (TPSA) is 82.6 Å². The number of nitrogens with zero attached hydrogens (tertiary/aromatic N) is 2. The van der Waals surface area contributed by atoms with Crippen molar-refractivity contribution in [3.8, 4) is 28.5 Å². The fourth-order valence-corrected chi connectivity index (χ4v) is 3.34. The van der Waals surface area contributed by atoms with Crippen molar-refractivity contribution >= 4 is 5.91 Å². The van der Waals surface area contributed by atoms with Gasteiger partial charge in [-0.1, -0.05) is 0 Å². The van der Waals surface area contributed by atoms with Crippen molar-refractivity contribution in [1.29, 1.82) is 0 Å². The van der Waals surface area contributed by atoms with Crippen LogP contribution in [0.25, 0.3) is 11.3 Å². The molecule has 0 bridgehead atoms. The molecule has 1 aliphatic heterocycles. The third kappa shape index (κ3) is 3.99. The molecule has 1 N–H and O–H groups in total. The molecule has 0 fully saturated rings. The number of rotatable bonds is 6. The molecule has 0 radical (unpaired) electrons. The van der Waals surface area contributed by atoms with E-state index in [2.05, 4.69) is 21.4 Å². The van der Waals surface area contributed by atoms with Crippen molar-refractivity contribution in [1.82, 2.24) is 15.3 Å². The zero-order valence-corrected chi connectivity index (χ0v) is 16.2. The third-order valence-electron chi connectivity index (χ3n) is 4.80. The Morgan fingerprint density at radius 3 is 2.83 bits per heavy atom. The predicted molar refractivity (Wildman–Crippen MR) is 107 cm³/mol. The Morgan fingerprint density at radius 2 is 2.07 bits per heavy atom. The maximum absolute atomic E-state index is 12.6.